The van der Waals surface area contributed by atoms with Crippen molar-refractivity contribution in [2.75, 3.05) is 0 Å². The van der Waals surface area contributed by atoms with E-state index in [4.69, 9.17) is 16.2 Å². The molecule has 3 heteroatoms. The molecular weight excluding hydrogens is 188 g/mol. The lowest BCUT2D eigenvalue weighted by Crippen LogP contribution is -2.28. The van der Waals surface area contributed by atoms with Gasteiger partial charge in [0.2, 0.25) is 0 Å². The Kier molecular flexibility index (Phi) is 7.09. The fraction of sp³-hybridized carbons (Fsp3) is 0.667. The molecular formula is C12H24N2O. The number of nitrogens with two attached hydrogens (primary N) is 2. The van der Waals surface area contributed by atoms with E-state index >= 15 is 0 Å². The Morgan fingerprint density at radius 1 is 1.00 bits per heavy atom. The predicted octanol–water partition coefficient (Wildman–Crippen LogP) is 2.29. The highest BCUT2D eigenvalue weighted by molar-refractivity contribution is 5.04. The van der Waals surface area contributed by atoms with E-state index in [1.54, 1.807) is 0 Å². The lowest BCUT2D eigenvalue weighted by atomic mass is 10.1. The molecule has 0 saturated heterocycles. The first kappa shape index (κ1) is 14.2. The van der Waals surface area contributed by atoms with Gasteiger partial charge in [0, 0.05) is 0 Å². The molecule has 4 N–H and O–H groups in total. The van der Waals surface area contributed by atoms with Crippen molar-refractivity contribution in [3.63, 3.8) is 0 Å². The molecule has 15 heavy (non-hydrogen) atoms. The van der Waals surface area contributed by atoms with E-state index in [-0.39, 0.29) is 12.1 Å². The molecule has 0 rings (SSSR count). The molecule has 0 aromatic heterocycles. The van der Waals surface area contributed by atoms with Crippen LogP contribution in [-0.4, -0.2) is 12.1 Å². The van der Waals surface area contributed by atoms with Crippen molar-refractivity contribution < 1.29 is 4.74 Å². The van der Waals surface area contributed by atoms with Crippen LogP contribution in [0.4, 0.5) is 0 Å². The van der Waals surface area contributed by atoms with Crippen LogP contribution in [0.5, 0.6) is 0 Å². The van der Waals surface area contributed by atoms with Gasteiger partial charge in [-0.1, -0.05) is 39.8 Å². The minimum Gasteiger partial charge on any atom is -0.464 e. The fourth-order valence-corrected chi connectivity index (χ4v) is 1.26. The smallest absolute Gasteiger partial charge is 0.113 e. The molecule has 0 aliphatic heterocycles. The highest BCUT2D eigenvalue weighted by atomic mass is 16.5. The summed E-state index contributed by atoms with van der Waals surface area (Å²) >= 11 is 0. The van der Waals surface area contributed by atoms with Crippen LogP contribution in [0.25, 0.3) is 0 Å². The first-order valence-electron chi connectivity index (χ1n) is 5.59. The van der Waals surface area contributed by atoms with Crippen molar-refractivity contribution in [1.29, 1.82) is 0 Å². The fourth-order valence-electron chi connectivity index (χ4n) is 1.26. The van der Waals surface area contributed by atoms with Crippen molar-refractivity contribution in [3.8, 4) is 0 Å². The first-order valence-corrected chi connectivity index (χ1v) is 5.59. The Balaban J connectivity index is 4.00. The molecule has 0 heterocycles. The molecule has 0 bridgehead atoms. The van der Waals surface area contributed by atoms with E-state index in [1.165, 1.54) is 0 Å². The standard InChI is InChI=1S/C12H24N2O/c1-5-7-11(13)9(3)15-10(4)12(14)8-6-2/h11-12H,3-8,13-14H2,1-2H3. The Morgan fingerprint density at radius 3 is 1.60 bits per heavy atom. The van der Waals surface area contributed by atoms with Gasteiger partial charge in [-0.25, -0.2) is 0 Å². The molecule has 0 radical (unpaired) electrons. The van der Waals surface area contributed by atoms with Gasteiger partial charge in [0.25, 0.3) is 0 Å². The summed E-state index contributed by atoms with van der Waals surface area (Å²) in [5.41, 5.74) is 11.7. The lowest BCUT2D eigenvalue weighted by Gasteiger charge is -2.19. The average molecular weight is 212 g/mol. The monoisotopic (exact) mass is 212 g/mol. The van der Waals surface area contributed by atoms with Crippen LogP contribution in [0.2, 0.25) is 0 Å². The van der Waals surface area contributed by atoms with E-state index in [0.717, 1.165) is 25.7 Å². The van der Waals surface area contributed by atoms with Gasteiger partial charge < -0.3 is 16.2 Å². The largest absolute Gasteiger partial charge is 0.464 e. The Labute approximate surface area is 93.2 Å². The minimum absolute atomic E-state index is 0.124. The molecule has 0 fully saturated rings. The maximum absolute atomic E-state index is 5.84. The first-order chi connectivity index (χ1) is 7.02. The van der Waals surface area contributed by atoms with Crippen molar-refractivity contribution in [1.82, 2.24) is 0 Å². The van der Waals surface area contributed by atoms with Gasteiger partial charge in [0.15, 0.2) is 0 Å². The Bertz CT molecular complexity index is 192. The third-order valence-electron chi connectivity index (χ3n) is 2.29. The summed E-state index contributed by atoms with van der Waals surface area (Å²) in [7, 11) is 0. The summed E-state index contributed by atoms with van der Waals surface area (Å²) in [6.07, 6.45) is 3.76. The normalized spacial score (nSPS) is 14.4. The second-order valence-corrected chi connectivity index (χ2v) is 3.83. The quantitative estimate of drug-likeness (QED) is 0.607. The highest BCUT2D eigenvalue weighted by Gasteiger charge is 2.12. The summed E-state index contributed by atoms with van der Waals surface area (Å²) in [6, 6.07) is -0.249. The van der Waals surface area contributed by atoms with E-state index < -0.39 is 0 Å². The van der Waals surface area contributed by atoms with Crippen molar-refractivity contribution in [3.05, 3.63) is 24.7 Å². The molecule has 0 aromatic carbocycles. The van der Waals surface area contributed by atoms with E-state index in [0.29, 0.717) is 11.5 Å². The minimum atomic E-state index is -0.124. The van der Waals surface area contributed by atoms with Gasteiger partial charge >= 0.3 is 0 Å². The number of rotatable bonds is 8. The Hall–Kier alpha value is -0.800. The molecule has 0 spiro atoms. The van der Waals surface area contributed by atoms with Crippen LogP contribution >= 0.6 is 0 Å². The molecule has 2 unspecified atom stereocenters. The topological polar surface area (TPSA) is 61.3 Å². The second-order valence-electron chi connectivity index (χ2n) is 3.83. The van der Waals surface area contributed by atoms with Crippen LogP contribution in [0, 0.1) is 0 Å². The zero-order valence-corrected chi connectivity index (χ0v) is 9.96. The SMILES string of the molecule is C=C(OC(=C)C(N)CCC)C(N)CCC. The summed E-state index contributed by atoms with van der Waals surface area (Å²) in [6.45, 7) is 11.7. The molecule has 0 aliphatic rings. The molecule has 3 nitrogen and oxygen atoms in total. The van der Waals surface area contributed by atoms with E-state index in [2.05, 4.69) is 27.0 Å². The highest BCUT2D eigenvalue weighted by Crippen LogP contribution is 2.13. The summed E-state index contributed by atoms with van der Waals surface area (Å²) in [5, 5.41) is 0. The maximum atomic E-state index is 5.84. The van der Waals surface area contributed by atoms with Gasteiger partial charge in [0.05, 0.1) is 12.1 Å². The van der Waals surface area contributed by atoms with Gasteiger partial charge in [-0.2, -0.15) is 0 Å². The van der Waals surface area contributed by atoms with Crippen LogP contribution < -0.4 is 11.5 Å². The zero-order valence-electron chi connectivity index (χ0n) is 9.96. The summed E-state index contributed by atoms with van der Waals surface area (Å²) < 4.78 is 5.44. The molecule has 88 valence electrons. The van der Waals surface area contributed by atoms with Crippen LogP contribution in [0.15, 0.2) is 24.7 Å². The van der Waals surface area contributed by atoms with Crippen LogP contribution in [-0.2, 0) is 4.74 Å². The maximum Gasteiger partial charge on any atom is 0.113 e. The van der Waals surface area contributed by atoms with E-state index in [1.807, 2.05) is 0 Å². The Morgan fingerprint density at radius 2 is 1.33 bits per heavy atom. The molecule has 0 aliphatic carbocycles. The number of hydrogen-bond acceptors (Lipinski definition) is 3. The van der Waals surface area contributed by atoms with Gasteiger partial charge in [-0.3, -0.25) is 0 Å². The number of hydrogen-bond donors (Lipinski definition) is 2. The average Bonchev–Trinajstić information content (AvgIpc) is 2.18. The van der Waals surface area contributed by atoms with Gasteiger partial charge in [-0.05, 0) is 12.8 Å². The second kappa shape index (κ2) is 7.49. The third-order valence-corrected chi connectivity index (χ3v) is 2.29. The van der Waals surface area contributed by atoms with E-state index in [9.17, 15) is 0 Å². The van der Waals surface area contributed by atoms with Crippen molar-refractivity contribution in [2.24, 2.45) is 11.5 Å². The molecule has 0 saturated carbocycles. The lowest BCUT2D eigenvalue weighted by molar-refractivity contribution is 0.250. The third kappa shape index (κ3) is 5.60. The predicted molar refractivity (Wildman–Crippen MR) is 65.1 cm³/mol. The molecule has 2 atom stereocenters. The van der Waals surface area contributed by atoms with Gasteiger partial charge in [0.1, 0.15) is 11.5 Å². The number of ether oxygens (including phenoxy) is 1. The van der Waals surface area contributed by atoms with Crippen molar-refractivity contribution in [2.45, 2.75) is 51.6 Å². The summed E-state index contributed by atoms with van der Waals surface area (Å²) in [4.78, 5) is 0. The van der Waals surface area contributed by atoms with Crippen LogP contribution in [0.1, 0.15) is 39.5 Å². The van der Waals surface area contributed by atoms with Crippen LogP contribution in [0.3, 0.4) is 0 Å². The summed E-state index contributed by atoms with van der Waals surface area (Å²) in [5.74, 6) is 1.13. The molecule has 0 aromatic rings. The van der Waals surface area contributed by atoms with Gasteiger partial charge in [-0.15, -0.1) is 0 Å². The van der Waals surface area contributed by atoms with Crippen molar-refractivity contribution >= 4 is 0 Å². The molecule has 0 amide bonds. The zero-order chi connectivity index (χ0) is 11.8.